The van der Waals surface area contributed by atoms with E-state index in [9.17, 15) is 4.79 Å². The van der Waals surface area contributed by atoms with E-state index in [0.717, 1.165) is 43.0 Å². The lowest BCUT2D eigenvalue weighted by Gasteiger charge is -2.34. The van der Waals surface area contributed by atoms with E-state index >= 15 is 0 Å². The fourth-order valence-corrected chi connectivity index (χ4v) is 5.09. The van der Waals surface area contributed by atoms with E-state index < -0.39 is 0 Å². The maximum absolute atomic E-state index is 13.1. The SMILES string of the molecule is CCN(C(=O)CCn1c(C2CCCNC2)nc2ccccc21)C1CCCCC1. The summed E-state index contributed by atoms with van der Waals surface area (Å²) in [5.74, 6) is 1.90. The number of carbonyl (C=O) groups is 1. The number of aromatic nitrogens is 2. The van der Waals surface area contributed by atoms with Gasteiger partial charge in [-0.2, -0.15) is 0 Å². The van der Waals surface area contributed by atoms with E-state index in [1.54, 1.807) is 0 Å². The standard InChI is InChI=1S/C23H34N4O/c1-2-26(19-10-4-3-5-11-19)22(28)14-16-27-21-13-7-6-12-20(21)25-23(27)18-9-8-15-24-17-18/h6-7,12-13,18-19,24H,2-5,8-11,14-17H2,1H3. The summed E-state index contributed by atoms with van der Waals surface area (Å²) in [5, 5.41) is 3.51. The normalized spacial score (nSPS) is 21.1. The van der Waals surface area contributed by atoms with Crippen molar-refractivity contribution in [1.82, 2.24) is 19.8 Å². The number of hydrogen-bond donors (Lipinski definition) is 1. The minimum atomic E-state index is 0.305. The van der Waals surface area contributed by atoms with Crippen molar-refractivity contribution in [3.8, 4) is 0 Å². The summed E-state index contributed by atoms with van der Waals surface area (Å²) >= 11 is 0. The monoisotopic (exact) mass is 382 g/mol. The predicted molar refractivity (Wildman–Crippen MR) is 113 cm³/mol. The van der Waals surface area contributed by atoms with Gasteiger partial charge in [0.05, 0.1) is 11.0 Å². The lowest BCUT2D eigenvalue weighted by Crippen LogP contribution is -2.41. The summed E-state index contributed by atoms with van der Waals surface area (Å²) in [5.41, 5.74) is 2.21. The van der Waals surface area contributed by atoms with Crippen molar-refractivity contribution < 1.29 is 4.79 Å². The highest BCUT2D eigenvalue weighted by Crippen LogP contribution is 2.28. The van der Waals surface area contributed by atoms with E-state index in [0.29, 0.717) is 24.3 Å². The van der Waals surface area contributed by atoms with Crippen molar-refractivity contribution >= 4 is 16.9 Å². The molecule has 1 aromatic carbocycles. The largest absolute Gasteiger partial charge is 0.340 e. The Morgan fingerprint density at radius 1 is 1.18 bits per heavy atom. The topological polar surface area (TPSA) is 50.2 Å². The quantitative estimate of drug-likeness (QED) is 0.819. The number of imidazole rings is 1. The van der Waals surface area contributed by atoms with Crippen LogP contribution in [0.4, 0.5) is 0 Å². The number of benzene rings is 1. The summed E-state index contributed by atoms with van der Waals surface area (Å²) in [6.07, 6.45) is 9.13. The lowest BCUT2D eigenvalue weighted by atomic mass is 9.94. The van der Waals surface area contributed by atoms with Crippen LogP contribution in [0.3, 0.4) is 0 Å². The number of nitrogens with one attached hydrogen (secondary N) is 1. The Morgan fingerprint density at radius 2 is 2.00 bits per heavy atom. The third kappa shape index (κ3) is 4.09. The molecule has 0 radical (unpaired) electrons. The van der Waals surface area contributed by atoms with Gasteiger partial charge in [-0.15, -0.1) is 0 Å². The maximum atomic E-state index is 13.1. The minimum Gasteiger partial charge on any atom is -0.340 e. The molecular weight excluding hydrogens is 348 g/mol. The number of fused-ring (bicyclic) bond motifs is 1. The second-order valence-corrected chi connectivity index (χ2v) is 8.38. The highest BCUT2D eigenvalue weighted by Gasteiger charge is 2.26. The molecule has 4 rings (SSSR count). The number of rotatable bonds is 6. The van der Waals surface area contributed by atoms with Crippen LogP contribution < -0.4 is 5.32 Å². The molecule has 5 nitrogen and oxygen atoms in total. The van der Waals surface area contributed by atoms with Gasteiger partial charge in [0.15, 0.2) is 0 Å². The number of carbonyl (C=O) groups excluding carboxylic acids is 1. The van der Waals surface area contributed by atoms with E-state index in [2.05, 4.69) is 46.0 Å². The highest BCUT2D eigenvalue weighted by atomic mass is 16.2. The zero-order valence-corrected chi connectivity index (χ0v) is 17.2. The Morgan fingerprint density at radius 3 is 2.75 bits per heavy atom. The molecule has 2 aromatic rings. The van der Waals surface area contributed by atoms with Gasteiger partial charge in [0.25, 0.3) is 0 Å². The molecule has 2 fully saturated rings. The molecule has 1 aliphatic heterocycles. The van der Waals surface area contributed by atoms with Gasteiger partial charge in [-0.05, 0) is 51.3 Å². The van der Waals surface area contributed by atoms with Crippen LogP contribution in [0.25, 0.3) is 11.0 Å². The molecule has 2 aliphatic rings. The van der Waals surface area contributed by atoms with Gasteiger partial charge in [-0.1, -0.05) is 31.4 Å². The molecule has 1 unspecified atom stereocenters. The number of amides is 1. The summed E-state index contributed by atoms with van der Waals surface area (Å²) in [6, 6.07) is 8.81. The molecule has 5 heteroatoms. The summed E-state index contributed by atoms with van der Waals surface area (Å²) in [6.45, 7) is 5.77. The molecule has 1 aromatic heterocycles. The number of nitrogens with zero attached hydrogens (tertiary/aromatic N) is 3. The number of para-hydroxylation sites is 2. The first-order valence-electron chi connectivity index (χ1n) is 11.2. The molecule has 1 saturated carbocycles. The molecule has 28 heavy (non-hydrogen) atoms. The van der Waals surface area contributed by atoms with Crippen LogP contribution >= 0.6 is 0 Å². The molecule has 0 spiro atoms. The predicted octanol–water partition coefficient (Wildman–Crippen LogP) is 4.07. The molecule has 1 aliphatic carbocycles. The Bertz CT molecular complexity index is 787. The second kappa shape index (κ2) is 9.08. The molecule has 1 atom stereocenters. The number of hydrogen-bond acceptors (Lipinski definition) is 3. The van der Waals surface area contributed by atoms with E-state index in [-0.39, 0.29) is 0 Å². The molecular formula is C23H34N4O. The third-order valence-electron chi connectivity index (χ3n) is 6.57. The first-order chi connectivity index (χ1) is 13.8. The average Bonchev–Trinajstić information content (AvgIpc) is 3.13. The van der Waals surface area contributed by atoms with Gasteiger partial charge in [0.2, 0.25) is 5.91 Å². The van der Waals surface area contributed by atoms with Crippen LogP contribution in [0, 0.1) is 0 Å². The van der Waals surface area contributed by atoms with E-state index in [4.69, 9.17) is 4.98 Å². The number of piperidine rings is 1. The van der Waals surface area contributed by atoms with Crippen molar-refractivity contribution in [1.29, 1.82) is 0 Å². The fourth-order valence-electron chi connectivity index (χ4n) is 5.09. The summed E-state index contributed by atoms with van der Waals surface area (Å²) in [4.78, 5) is 20.2. The minimum absolute atomic E-state index is 0.305. The van der Waals surface area contributed by atoms with Crippen LogP contribution in [-0.4, -0.2) is 46.0 Å². The highest BCUT2D eigenvalue weighted by molar-refractivity contribution is 5.78. The van der Waals surface area contributed by atoms with Crippen molar-refractivity contribution in [3.63, 3.8) is 0 Å². The van der Waals surface area contributed by atoms with Crippen LogP contribution in [0.1, 0.15) is 70.0 Å². The van der Waals surface area contributed by atoms with Crippen molar-refractivity contribution in [2.24, 2.45) is 0 Å². The molecule has 152 valence electrons. The fraction of sp³-hybridized carbons (Fsp3) is 0.652. The van der Waals surface area contributed by atoms with Gasteiger partial charge >= 0.3 is 0 Å². The summed E-state index contributed by atoms with van der Waals surface area (Å²) < 4.78 is 2.32. The zero-order chi connectivity index (χ0) is 19.3. The van der Waals surface area contributed by atoms with Gasteiger partial charge in [-0.25, -0.2) is 4.98 Å². The van der Waals surface area contributed by atoms with Crippen LogP contribution in [0.5, 0.6) is 0 Å². The molecule has 0 bridgehead atoms. The van der Waals surface area contributed by atoms with Gasteiger partial charge in [-0.3, -0.25) is 4.79 Å². The van der Waals surface area contributed by atoms with Gasteiger partial charge in [0.1, 0.15) is 5.82 Å². The van der Waals surface area contributed by atoms with Crippen molar-refractivity contribution in [2.75, 3.05) is 19.6 Å². The van der Waals surface area contributed by atoms with Crippen molar-refractivity contribution in [2.45, 2.75) is 76.8 Å². The first kappa shape index (κ1) is 19.4. The molecule has 1 saturated heterocycles. The Hall–Kier alpha value is -1.88. The molecule has 1 N–H and O–H groups in total. The Balaban J connectivity index is 1.52. The van der Waals surface area contributed by atoms with Crippen LogP contribution in [0.2, 0.25) is 0 Å². The van der Waals surface area contributed by atoms with Crippen LogP contribution in [0.15, 0.2) is 24.3 Å². The smallest absolute Gasteiger partial charge is 0.224 e. The lowest BCUT2D eigenvalue weighted by molar-refractivity contribution is -0.134. The first-order valence-corrected chi connectivity index (χ1v) is 11.2. The summed E-state index contributed by atoms with van der Waals surface area (Å²) in [7, 11) is 0. The zero-order valence-electron chi connectivity index (χ0n) is 17.2. The van der Waals surface area contributed by atoms with E-state index in [1.807, 2.05) is 0 Å². The second-order valence-electron chi connectivity index (χ2n) is 8.38. The average molecular weight is 383 g/mol. The molecule has 1 amide bonds. The Kier molecular flexibility index (Phi) is 6.30. The van der Waals surface area contributed by atoms with Crippen LogP contribution in [-0.2, 0) is 11.3 Å². The van der Waals surface area contributed by atoms with Gasteiger partial charge < -0.3 is 14.8 Å². The maximum Gasteiger partial charge on any atom is 0.224 e. The third-order valence-corrected chi connectivity index (χ3v) is 6.57. The molecule has 2 heterocycles. The Labute approximate surface area is 168 Å². The number of aryl methyl sites for hydroxylation is 1. The van der Waals surface area contributed by atoms with Crippen molar-refractivity contribution in [3.05, 3.63) is 30.1 Å². The van der Waals surface area contributed by atoms with Gasteiger partial charge in [0, 0.05) is 38.0 Å². The van der Waals surface area contributed by atoms with E-state index in [1.165, 1.54) is 44.9 Å².